The van der Waals surface area contributed by atoms with Crippen LogP contribution in [0, 0.1) is 13.8 Å². The second-order valence-electron chi connectivity index (χ2n) is 6.28. The van der Waals surface area contributed by atoms with Crippen molar-refractivity contribution >= 4 is 23.1 Å². The van der Waals surface area contributed by atoms with Gasteiger partial charge in [0.1, 0.15) is 0 Å². The number of hydrogen-bond acceptors (Lipinski definition) is 7. The van der Waals surface area contributed by atoms with E-state index in [0.717, 1.165) is 16.0 Å². The van der Waals surface area contributed by atoms with Crippen LogP contribution in [-0.2, 0) is 16.0 Å². The van der Waals surface area contributed by atoms with E-state index in [0.29, 0.717) is 17.3 Å². The Balaban J connectivity index is 1.52. The second kappa shape index (κ2) is 8.26. The molecule has 1 atom stereocenters. The minimum absolute atomic E-state index is 0.0661. The smallest absolute Gasteiger partial charge is 0.307 e. The highest BCUT2D eigenvalue weighted by Gasteiger charge is 2.20. The Kier molecular flexibility index (Phi) is 5.81. The molecule has 0 aliphatic rings. The Bertz CT molecular complexity index is 947. The predicted molar refractivity (Wildman–Crippen MR) is 102 cm³/mol. The number of aromatic nitrogens is 2. The molecule has 140 valence electrons. The maximum Gasteiger partial charge on any atom is 0.307 e. The third-order valence-electron chi connectivity index (χ3n) is 4.22. The molecule has 2 aromatic heterocycles. The van der Waals surface area contributed by atoms with Gasteiger partial charge in [0, 0.05) is 12.0 Å². The molecule has 0 aliphatic carbocycles. The van der Waals surface area contributed by atoms with Crippen molar-refractivity contribution in [2.24, 2.45) is 0 Å². The fraction of sp³-hybridized carbons (Fsp3) is 0.300. The van der Waals surface area contributed by atoms with Gasteiger partial charge in [-0.3, -0.25) is 9.59 Å². The van der Waals surface area contributed by atoms with Gasteiger partial charge in [-0.2, -0.15) is 4.98 Å². The minimum atomic E-state index is -0.844. The zero-order chi connectivity index (χ0) is 19.4. The molecule has 7 heteroatoms. The first-order valence-corrected chi connectivity index (χ1v) is 9.49. The van der Waals surface area contributed by atoms with Crippen molar-refractivity contribution in [3.8, 4) is 10.7 Å². The Labute approximate surface area is 161 Å². The topological polar surface area (TPSA) is 82.3 Å². The molecule has 0 amide bonds. The fourth-order valence-corrected chi connectivity index (χ4v) is 3.16. The third kappa shape index (κ3) is 4.68. The SMILES string of the molecule is Cc1ccc(C(=O)C(C)OC(=O)CCc2nc(-c3cccs3)no2)cc1C. The number of benzene rings is 1. The van der Waals surface area contributed by atoms with Gasteiger partial charge in [-0.25, -0.2) is 0 Å². The van der Waals surface area contributed by atoms with Crippen LogP contribution in [0.3, 0.4) is 0 Å². The summed E-state index contributed by atoms with van der Waals surface area (Å²) >= 11 is 1.51. The highest BCUT2D eigenvalue weighted by Crippen LogP contribution is 2.21. The maximum atomic E-state index is 12.4. The average Bonchev–Trinajstić information content (AvgIpc) is 3.33. The summed E-state index contributed by atoms with van der Waals surface area (Å²) < 4.78 is 10.4. The van der Waals surface area contributed by atoms with Crippen LogP contribution in [0.4, 0.5) is 0 Å². The number of carbonyl (C=O) groups is 2. The number of ketones is 1. The molecule has 0 spiro atoms. The van der Waals surface area contributed by atoms with Crippen LogP contribution in [0.1, 0.15) is 40.7 Å². The predicted octanol–water partition coefficient (Wildman–Crippen LogP) is 4.16. The van der Waals surface area contributed by atoms with Gasteiger partial charge in [0.15, 0.2) is 6.10 Å². The van der Waals surface area contributed by atoms with Crippen molar-refractivity contribution in [3.63, 3.8) is 0 Å². The lowest BCUT2D eigenvalue weighted by Crippen LogP contribution is -2.24. The number of nitrogens with zero attached hydrogens (tertiary/aromatic N) is 2. The summed E-state index contributed by atoms with van der Waals surface area (Å²) in [6, 6.07) is 9.25. The third-order valence-corrected chi connectivity index (χ3v) is 5.09. The zero-order valence-corrected chi connectivity index (χ0v) is 16.2. The number of thiophene rings is 1. The first-order chi connectivity index (χ1) is 12.9. The molecule has 2 heterocycles. The lowest BCUT2D eigenvalue weighted by Gasteiger charge is -2.13. The van der Waals surface area contributed by atoms with E-state index in [1.807, 2.05) is 43.5 Å². The molecule has 0 radical (unpaired) electrons. The molecular weight excluding hydrogens is 364 g/mol. The number of rotatable bonds is 7. The Morgan fingerprint density at radius 2 is 2.04 bits per heavy atom. The molecule has 0 aliphatic heterocycles. The summed E-state index contributed by atoms with van der Waals surface area (Å²) in [4.78, 5) is 29.7. The van der Waals surface area contributed by atoms with Gasteiger partial charge in [-0.1, -0.05) is 23.4 Å². The summed E-state index contributed by atoms with van der Waals surface area (Å²) in [5.41, 5.74) is 2.67. The largest absolute Gasteiger partial charge is 0.454 e. The van der Waals surface area contributed by atoms with Crippen molar-refractivity contribution in [1.82, 2.24) is 10.1 Å². The van der Waals surface area contributed by atoms with E-state index in [4.69, 9.17) is 9.26 Å². The molecule has 1 aromatic carbocycles. The normalized spacial score (nSPS) is 12.0. The van der Waals surface area contributed by atoms with Crippen LogP contribution in [0.2, 0.25) is 0 Å². The van der Waals surface area contributed by atoms with Crippen LogP contribution in [0.25, 0.3) is 10.7 Å². The van der Waals surface area contributed by atoms with Gasteiger partial charge in [0.05, 0.1) is 11.3 Å². The summed E-state index contributed by atoms with van der Waals surface area (Å²) in [6.07, 6.45) is -0.512. The summed E-state index contributed by atoms with van der Waals surface area (Å²) in [7, 11) is 0. The number of aryl methyl sites for hydroxylation is 3. The molecule has 0 N–H and O–H groups in total. The van der Waals surface area contributed by atoms with Crippen LogP contribution < -0.4 is 0 Å². The van der Waals surface area contributed by atoms with Crippen LogP contribution >= 0.6 is 11.3 Å². The van der Waals surface area contributed by atoms with E-state index in [1.54, 1.807) is 13.0 Å². The van der Waals surface area contributed by atoms with E-state index in [1.165, 1.54) is 11.3 Å². The minimum Gasteiger partial charge on any atom is -0.454 e. The quantitative estimate of drug-likeness (QED) is 0.449. The van der Waals surface area contributed by atoms with Crippen molar-refractivity contribution < 1.29 is 18.8 Å². The first kappa shape index (κ1) is 19.0. The first-order valence-electron chi connectivity index (χ1n) is 8.61. The summed E-state index contributed by atoms with van der Waals surface area (Å²) in [5.74, 6) is 0.176. The van der Waals surface area contributed by atoms with E-state index < -0.39 is 12.1 Å². The van der Waals surface area contributed by atoms with Crippen LogP contribution in [0.5, 0.6) is 0 Å². The van der Waals surface area contributed by atoms with Crippen LogP contribution in [-0.4, -0.2) is 28.0 Å². The number of ether oxygens (including phenoxy) is 1. The Morgan fingerprint density at radius 1 is 1.22 bits per heavy atom. The second-order valence-corrected chi connectivity index (χ2v) is 7.23. The van der Waals surface area contributed by atoms with Crippen molar-refractivity contribution in [1.29, 1.82) is 0 Å². The zero-order valence-electron chi connectivity index (χ0n) is 15.4. The van der Waals surface area contributed by atoms with Gasteiger partial charge in [0.2, 0.25) is 17.5 Å². The molecule has 0 saturated carbocycles. The number of esters is 1. The molecule has 0 saturated heterocycles. The molecular formula is C20H20N2O4S. The monoisotopic (exact) mass is 384 g/mol. The van der Waals surface area contributed by atoms with E-state index in [9.17, 15) is 9.59 Å². The summed E-state index contributed by atoms with van der Waals surface area (Å²) in [5, 5.41) is 5.83. The van der Waals surface area contributed by atoms with Gasteiger partial charge in [-0.15, -0.1) is 11.3 Å². The molecule has 6 nitrogen and oxygen atoms in total. The molecule has 3 rings (SSSR count). The number of carbonyl (C=O) groups excluding carboxylic acids is 2. The molecule has 0 bridgehead atoms. The van der Waals surface area contributed by atoms with Gasteiger partial charge in [-0.05, 0) is 49.4 Å². The Hall–Kier alpha value is -2.80. The van der Waals surface area contributed by atoms with Gasteiger partial charge >= 0.3 is 5.97 Å². The van der Waals surface area contributed by atoms with Crippen LogP contribution in [0.15, 0.2) is 40.2 Å². The Morgan fingerprint density at radius 3 is 2.74 bits per heavy atom. The lowest BCUT2D eigenvalue weighted by molar-refractivity contribution is -0.146. The van der Waals surface area contributed by atoms with Crippen molar-refractivity contribution in [2.75, 3.05) is 0 Å². The fourth-order valence-electron chi connectivity index (χ4n) is 2.51. The van der Waals surface area contributed by atoms with Crippen molar-refractivity contribution in [2.45, 2.75) is 39.7 Å². The lowest BCUT2D eigenvalue weighted by atomic mass is 10.0. The standard InChI is InChI=1S/C20H20N2O4S/c1-12-6-7-15(11-13(12)2)19(24)14(3)25-18(23)9-8-17-21-20(22-26-17)16-5-4-10-27-16/h4-7,10-11,14H,8-9H2,1-3H3. The molecule has 0 fully saturated rings. The average molecular weight is 384 g/mol. The summed E-state index contributed by atoms with van der Waals surface area (Å²) in [6.45, 7) is 5.50. The molecule has 1 unspecified atom stereocenters. The molecule has 27 heavy (non-hydrogen) atoms. The number of Topliss-reactive ketones (excluding diaryl/α,β-unsaturated/α-hetero) is 1. The molecule has 3 aromatic rings. The highest BCUT2D eigenvalue weighted by atomic mass is 32.1. The number of hydrogen-bond donors (Lipinski definition) is 0. The van der Waals surface area contributed by atoms with E-state index in [2.05, 4.69) is 10.1 Å². The highest BCUT2D eigenvalue weighted by molar-refractivity contribution is 7.13. The van der Waals surface area contributed by atoms with Gasteiger partial charge < -0.3 is 9.26 Å². The van der Waals surface area contributed by atoms with Gasteiger partial charge in [0.25, 0.3) is 0 Å². The van der Waals surface area contributed by atoms with Crippen molar-refractivity contribution in [3.05, 3.63) is 58.3 Å². The van der Waals surface area contributed by atoms with E-state index >= 15 is 0 Å². The maximum absolute atomic E-state index is 12.4. The van der Waals surface area contributed by atoms with E-state index in [-0.39, 0.29) is 18.6 Å².